The number of amides is 1. The van der Waals surface area contributed by atoms with Crippen LogP contribution in [0.1, 0.15) is 59.8 Å². The lowest BCUT2D eigenvalue weighted by atomic mass is 9.90. The van der Waals surface area contributed by atoms with Gasteiger partial charge >= 0.3 is 6.09 Å². The molecular weight excluding hydrogens is 252 g/mol. The molecule has 1 amide bonds. The molecule has 0 spiro atoms. The standard InChI is InChI=1S/C16H30N2O2/c1-12(2)10-11-17-13-8-6-7-9-14(13)18-15(19)20-16(3,4)5/h13-14,17H,1,6-11H2,2-5H3,(H,18,19). The van der Waals surface area contributed by atoms with Crippen LogP contribution in [0, 0.1) is 0 Å². The van der Waals surface area contributed by atoms with Crippen molar-refractivity contribution in [3.8, 4) is 0 Å². The topological polar surface area (TPSA) is 50.4 Å². The molecule has 0 heterocycles. The van der Waals surface area contributed by atoms with Gasteiger partial charge in [-0.3, -0.25) is 0 Å². The normalized spacial score (nSPS) is 23.2. The first-order valence-corrected chi connectivity index (χ1v) is 7.65. The number of carbonyl (C=O) groups excluding carboxylic acids is 1. The van der Waals surface area contributed by atoms with E-state index in [0.717, 1.165) is 25.8 Å². The third-order valence-corrected chi connectivity index (χ3v) is 3.43. The average molecular weight is 282 g/mol. The van der Waals surface area contributed by atoms with E-state index in [-0.39, 0.29) is 12.1 Å². The summed E-state index contributed by atoms with van der Waals surface area (Å²) in [6.07, 6.45) is 5.18. The minimum atomic E-state index is -0.443. The van der Waals surface area contributed by atoms with Crippen LogP contribution in [-0.4, -0.2) is 30.3 Å². The molecule has 20 heavy (non-hydrogen) atoms. The molecule has 4 heteroatoms. The predicted octanol–water partition coefficient (Wildman–Crippen LogP) is 3.38. The van der Waals surface area contributed by atoms with Crippen LogP contribution in [0.5, 0.6) is 0 Å². The molecule has 0 radical (unpaired) electrons. The summed E-state index contributed by atoms with van der Waals surface area (Å²) in [6.45, 7) is 12.5. The van der Waals surface area contributed by atoms with Gasteiger partial charge in [0.25, 0.3) is 0 Å². The van der Waals surface area contributed by atoms with E-state index in [1.807, 2.05) is 27.7 Å². The van der Waals surface area contributed by atoms with Gasteiger partial charge in [0.2, 0.25) is 0 Å². The van der Waals surface area contributed by atoms with Crippen LogP contribution in [-0.2, 0) is 4.74 Å². The molecular formula is C16H30N2O2. The fraction of sp³-hybridized carbons (Fsp3) is 0.812. The highest BCUT2D eigenvalue weighted by Gasteiger charge is 2.27. The zero-order valence-corrected chi connectivity index (χ0v) is 13.4. The Hall–Kier alpha value is -1.03. The molecule has 0 saturated heterocycles. The molecule has 1 aliphatic rings. The van der Waals surface area contributed by atoms with Gasteiger partial charge in [-0.25, -0.2) is 4.79 Å². The van der Waals surface area contributed by atoms with E-state index in [1.54, 1.807) is 0 Å². The summed E-state index contributed by atoms with van der Waals surface area (Å²) < 4.78 is 5.34. The van der Waals surface area contributed by atoms with Gasteiger partial charge in [-0.1, -0.05) is 18.4 Å². The zero-order chi connectivity index (χ0) is 15.2. The number of hydrogen-bond donors (Lipinski definition) is 2. The van der Waals surface area contributed by atoms with Crippen molar-refractivity contribution < 1.29 is 9.53 Å². The molecule has 2 N–H and O–H groups in total. The number of nitrogens with one attached hydrogen (secondary N) is 2. The van der Waals surface area contributed by atoms with Crippen LogP contribution in [0.3, 0.4) is 0 Å². The SMILES string of the molecule is C=C(C)CCNC1CCCCC1NC(=O)OC(C)(C)C. The van der Waals surface area contributed by atoms with E-state index >= 15 is 0 Å². The Morgan fingerprint density at radius 1 is 1.25 bits per heavy atom. The van der Waals surface area contributed by atoms with Gasteiger partial charge in [0, 0.05) is 12.1 Å². The van der Waals surface area contributed by atoms with Crippen LogP contribution in [0.4, 0.5) is 4.79 Å². The van der Waals surface area contributed by atoms with Crippen molar-refractivity contribution in [1.29, 1.82) is 0 Å². The number of ether oxygens (including phenoxy) is 1. The van der Waals surface area contributed by atoms with Crippen LogP contribution in [0.2, 0.25) is 0 Å². The smallest absolute Gasteiger partial charge is 0.407 e. The summed E-state index contributed by atoms with van der Waals surface area (Å²) in [6, 6.07) is 0.513. The van der Waals surface area contributed by atoms with Gasteiger partial charge in [-0.15, -0.1) is 6.58 Å². The van der Waals surface area contributed by atoms with Crippen molar-refractivity contribution in [2.24, 2.45) is 0 Å². The lowest BCUT2D eigenvalue weighted by molar-refractivity contribution is 0.0479. The van der Waals surface area contributed by atoms with E-state index in [0.29, 0.717) is 6.04 Å². The third kappa shape index (κ3) is 6.94. The highest BCUT2D eigenvalue weighted by Crippen LogP contribution is 2.19. The first kappa shape index (κ1) is 17.0. The molecule has 116 valence electrons. The Morgan fingerprint density at radius 3 is 2.40 bits per heavy atom. The summed E-state index contributed by atoms with van der Waals surface area (Å²) >= 11 is 0. The maximum Gasteiger partial charge on any atom is 0.407 e. The lowest BCUT2D eigenvalue weighted by Gasteiger charge is -2.33. The quantitative estimate of drug-likeness (QED) is 0.760. The molecule has 0 aromatic heterocycles. The van der Waals surface area contributed by atoms with Gasteiger partial charge in [-0.05, 0) is 53.5 Å². The Morgan fingerprint density at radius 2 is 1.85 bits per heavy atom. The van der Waals surface area contributed by atoms with Crippen LogP contribution >= 0.6 is 0 Å². The Bertz CT molecular complexity index is 334. The molecule has 2 unspecified atom stereocenters. The Kier molecular flexibility index (Phi) is 6.53. The van der Waals surface area contributed by atoms with Crippen LogP contribution < -0.4 is 10.6 Å². The van der Waals surface area contributed by atoms with Crippen molar-refractivity contribution in [3.05, 3.63) is 12.2 Å². The molecule has 1 aliphatic carbocycles. The molecule has 0 aromatic carbocycles. The predicted molar refractivity (Wildman–Crippen MR) is 82.8 cm³/mol. The summed E-state index contributed by atoms with van der Waals surface area (Å²) in [4.78, 5) is 11.9. The highest BCUT2D eigenvalue weighted by molar-refractivity contribution is 5.68. The summed E-state index contributed by atoms with van der Waals surface area (Å²) in [5, 5.41) is 6.56. The van der Waals surface area contributed by atoms with Gasteiger partial charge in [0.15, 0.2) is 0 Å². The van der Waals surface area contributed by atoms with Gasteiger partial charge in [0.1, 0.15) is 5.60 Å². The van der Waals surface area contributed by atoms with Crippen LogP contribution in [0.25, 0.3) is 0 Å². The van der Waals surface area contributed by atoms with Crippen LogP contribution in [0.15, 0.2) is 12.2 Å². The molecule has 0 bridgehead atoms. The minimum absolute atomic E-state index is 0.170. The molecule has 1 rings (SSSR count). The fourth-order valence-electron chi connectivity index (χ4n) is 2.48. The first-order chi connectivity index (χ1) is 9.28. The molecule has 0 aromatic rings. The second-order valence-electron chi connectivity index (χ2n) is 6.80. The van der Waals surface area contributed by atoms with Gasteiger partial charge < -0.3 is 15.4 Å². The second-order valence-corrected chi connectivity index (χ2v) is 6.80. The average Bonchev–Trinajstić information content (AvgIpc) is 2.28. The molecule has 1 saturated carbocycles. The largest absolute Gasteiger partial charge is 0.444 e. The van der Waals surface area contributed by atoms with Crippen molar-refractivity contribution in [2.75, 3.05) is 6.54 Å². The van der Waals surface area contributed by atoms with E-state index in [1.165, 1.54) is 18.4 Å². The minimum Gasteiger partial charge on any atom is -0.444 e. The van der Waals surface area contributed by atoms with E-state index < -0.39 is 5.60 Å². The molecule has 0 aliphatic heterocycles. The molecule has 2 atom stereocenters. The van der Waals surface area contributed by atoms with Gasteiger partial charge in [0.05, 0.1) is 0 Å². The maximum absolute atomic E-state index is 11.9. The highest BCUT2D eigenvalue weighted by atomic mass is 16.6. The lowest BCUT2D eigenvalue weighted by Crippen LogP contribution is -2.52. The Balaban J connectivity index is 2.43. The number of rotatable bonds is 5. The number of hydrogen-bond acceptors (Lipinski definition) is 3. The van der Waals surface area contributed by atoms with Crippen molar-refractivity contribution in [3.63, 3.8) is 0 Å². The first-order valence-electron chi connectivity index (χ1n) is 7.65. The Labute approximate surface area is 123 Å². The monoisotopic (exact) mass is 282 g/mol. The van der Waals surface area contributed by atoms with Crippen molar-refractivity contribution >= 4 is 6.09 Å². The van der Waals surface area contributed by atoms with Gasteiger partial charge in [-0.2, -0.15) is 0 Å². The summed E-state index contributed by atoms with van der Waals surface area (Å²) in [7, 11) is 0. The van der Waals surface area contributed by atoms with Crippen molar-refractivity contribution in [2.45, 2.75) is 77.5 Å². The maximum atomic E-state index is 11.9. The third-order valence-electron chi connectivity index (χ3n) is 3.43. The second kappa shape index (κ2) is 7.67. The van der Waals surface area contributed by atoms with Crippen molar-refractivity contribution in [1.82, 2.24) is 10.6 Å². The molecule has 1 fully saturated rings. The van der Waals surface area contributed by atoms with E-state index in [4.69, 9.17) is 4.74 Å². The zero-order valence-electron chi connectivity index (χ0n) is 13.4. The summed E-state index contributed by atoms with van der Waals surface area (Å²) in [5.74, 6) is 0. The number of alkyl carbamates (subject to hydrolysis) is 1. The number of carbonyl (C=O) groups is 1. The van der Waals surface area contributed by atoms with E-state index in [9.17, 15) is 4.79 Å². The fourth-order valence-corrected chi connectivity index (χ4v) is 2.48. The summed E-state index contributed by atoms with van der Waals surface area (Å²) in [5.41, 5.74) is 0.742. The van der Waals surface area contributed by atoms with E-state index in [2.05, 4.69) is 17.2 Å². The molecule has 4 nitrogen and oxygen atoms in total.